The minimum Gasteiger partial charge on any atom is -0.496 e. The van der Waals surface area contributed by atoms with Crippen molar-refractivity contribution in [2.24, 2.45) is 29.6 Å². The fraction of sp³-hybridized carbons (Fsp3) is 0.625. The fourth-order valence-electron chi connectivity index (χ4n) is 9.69. The van der Waals surface area contributed by atoms with E-state index in [4.69, 9.17) is 9.47 Å². The number of carboxylic acid groups (broad SMARTS) is 1. The van der Waals surface area contributed by atoms with Crippen molar-refractivity contribution in [2.75, 3.05) is 13.7 Å². The van der Waals surface area contributed by atoms with Crippen LogP contribution in [0.1, 0.15) is 78.1 Å². The molecule has 8 rings (SSSR count). The van der Waals surface area contributed by atoms with E-state index in [-0.39, 0.29) is 43.0 Å². The van der Waals surface area contributed by atoms with E-state index in [1.165, 1.54) is 35.2 Å². The molecule has 2 aliphatic heterocycles. The lowest BCUT2D eigenvalue weighted by molar-refractivity contribution is -0.145. The summed E-state index contributed by atoms with van der Waals surface area (Å²) in [7, 11) is -2.52. The third kappa shape index (κ3) is 7.29. The molecule has 1 aromatic carbocycles. The smallest absolute Gasteiger partial charge is 0.408 e. The lowest BCUT2D eigenvalue weighted by Gasteiger charge is -2.40. The van der Waals surface area contributed by atoms with Crippen LogP contribution in [0.25, 0.3) is 10.8 Å². The van der Waals surface area contributed by atoms with Crippen LogP contribution in [-0.4, -0.2) is 101 Å². The van der Waals surface area contributed by atoms with Crippen molar-refractivity contribution in [3.8, 4) is 11.6 Å². The molecule has 3 heterocycles. The molecule has 5 fully saturated rings. The Balaban J connectivity index is 1.16. The molecule has 6 aliphatic rings. The number of aromatic nitrogens is 1. The zero-order valence-corrected chi connectivity index (χ0v) is 32.7. The first-order valence-electron chi connectivity index (χ1n) is 19.8. The third-order valence-corrected chi connectivity index (χ3v) is 14.8. The summed E-state index contributed by atoms with van der Waals surface area (Å²) < 4.78 is 54.6. The first-order valence-corrected chi connectivity index (χ1v) is 21.4. The number of allylic oxidation sites excluding steroid dienone is 1. The van der Waals surface area contributed by atoms with Crippen LogP contribution in [-0.2, 0) is 24.4 Å². The molecule has 1 aromatic heterocycles. The second kappa shape index (κ2) is 14.5. The molecule has 2 unspecified atom stereocenters. The van der Waals surface area contributed by atoms with Crippen molar-refractivity contribution in [3.63, 3.8) is 0 Å². The summed E-state index contributed by atoms with van der Waals surface area (Å²) in [6.07, 6.45) is 8.62. The Morgan fingerprint density at radius 2 is 1.82 bits per heavy atom. The van der Waals surface area contributed by atoms with Gasteiger partial charge in [-0.1, -0.05) is 26.0 Å². The van der Waals surface area contributed by atoms with Crippen LogP contribution < -0.4 is 19.5 Å². The van der Waals surface area contributed by atoms with Crippen LogP contribution in [0.4, 0.5) is 9.18 Å². The molecule has 0 radical (unpaired) electrons. The monoisotopic (exact) mass is 795 g/mol. The summed E-state index contributed by atoms with van der Waals surface area (Å²) in [6.45, 7) is 3.84. The first kappa shape index (κ1) is 38.4. The van der Waals surface area contributed by atoms with Gasteiger partial charge in [-0.2, -0.15) is 0 Å². The number of carbonyl (C=O) groups is 4. The summed E-state index contributed by atoms with van der Waals surface area (Å²) in [5.41, 5.74) is -1.56. The molecule has 10 atom stereocenters. The lowest BCUT2D eigenvalue weighted by atomic mass is 9.86. The molecule has 4 saturated carbocycles. The number of amides is 4. The minimum absolute atomic E-state index is 0.0567. The molecule has 14 nitrogen and oxygen atoms in total. The number of hydrogen-bond donors (Lipinski definition) is 3. The van der Waals surface area contributed by atoms with Crippen molar-refractivity contribution < 1.29 is 46.6 Å². The molecule has 302 valence electrons. The zero-order valence-electron chi connectivity index (χ0n) is 31.9. The Bertz CT molecular complexity index is 2070. The third-order valence-electron chi connectivity index (χ3n) is 13.0. The Kier molecular flexibility index (Phi) is 9.93. The molecule has 0 spiro atoms. The number of methoxy groups -OCH3 is 1. The standard InChI is InChI=1S/C40H50FN5O9S/c1-21-6-4-5-7-25-19-40(25,38(49)44-56(52,53)29-8-9-29)43-35(47)32-18-28(55-36-31-16-26(41)17-33(54-3)30(31)10-11-42-36)20-45(32)37(48)34(22(2)12-21)46(39(50)51)27-14-23-13-24(23)15-27/h5,7,10-11,16-17,21-25,27-29,32,34H,4,6,8-9,12-15,18-20H2,1-3H3,(H,43,47)(H,44,49)(H,50,51)/b7-5-/t21-,22-,23+,24?,25-,27?,28-,32+,34+,40-/m1/s1. The summed E-state index contributed by atoms with van der Waals surface area (Å²) in [4.78, 5) is 63.9. The van der Waals surface area contributed by atoms with Gasteiger partial charge < -0.3 is 24.8 Å². The maximum Gasteiger partial charge on any atom is 0.408 e. The number of ether oxygens (including phenoxy) is 2. The van der Waals surface area contributed by atoms with Crippen molar-refractivity contribution in [3.05, 3.63) is 42.4 Å². The maximum atomic E-state index is 15.2. The molecular weight excluding hydrogens is 746 g/mol. The normalized spacial score (nSPS) is 34.9. The number of hydrogen-bond acceptors (Lipinski definition) is 9. The van der Waals surface area contributed by atoms with Gasteiger partial charge in [-0.3, -0.25) is 24.0 Å². The van der Waals surface area contributed by atoms with E-state index in [9.17, 15) is 32.3 Å². The number of rotatable bonds is 8. The Morgan fingerprint density at radius 1 is 1.07 bits per heavy atom. The number of carbonyl (C=O) groups excluding carboxylic acids is 3. The van der Waals surface area contributed by atoms with E-state index in [1.807, 2.05) is 19.1 Å². The molecule has 1 saturated heterocycles. The highest BCUT2D eigenvalue weighted by Gasteiger charge is 2.62. The molecular formula is C40H50FN5O9S. The number of sulfonamides is 1. The maximum absolute atomic E-state index is 15.2. The molecule has 56 heavy (non-hydrogen) atoms. The van der Waals surface area contributed by atoms with Crippen LogP contribution in [0, 0.1) is 35.4 Å². The van der Waals surface area contributed by atoms with Gasteiger partial charge in [0.1, 0.15) is 35.3 Å². The fourth-order valence-corrected chi connectivity index (χ4v) is 11.1. The van der Waals surface area contributed by atoms with Gasteiger partial charge in [0.2, 0.25) is 27.7 Å². The van der Waals surface area contributed by atoms with E-state index in [0.29, 0.717) is 61.1 Å². The largest absolute Gasteiger partial charge is 0.496 e. The van der Waals surface area contributed by atoms with Gasteiger partial charge in [-0.15, -0.1) is 0 Å². The first-order chi connectivity index (χ1) is 26.7. The van der Waals surface area contributed by atoms with E-state index in [2.05, 4.69) is 21.9 Å². The molecule has 0 bridgehead atoms. The van der Waals surface area contributed by atoms with Crippen LogP contribution in [0.2, 0.25) is 0 Å². The second-order valence-corrected chi connectivity index (χ2v) is 19.0. The molecule has 3 N–H and O–H groups in total. The second-order valence-electron chi connectivity index (χ2n) is 17.1. The van der Waals surface area contributed by atoms with Crippen molar-refractivity contribution in [1.82, 2.24) is 24.8 Å². The molecule has 4 amide bonds. The minimum atomic E-state index is -3.94. The Hall–Kier alpha value is -4.47. The summed E-state index contributed by atoms with van der Waals surface area (Å²) >= 11 is 0. The van der Waals surface area contributed by atoms with Gasteiger partial charge in [0.15, 0.2) is 0 Å². The summed E-state index contributed by atoms with van der Waals surface area (Å²) in [5, 5.41) is 13.8. The molecule has 16 heteroatoms. The quantitative estimate of drug-likeness (QED) is 0.324. The van der Waals surface area contributed by atoms with Crippen LogP contribution in [0.5, 0.6) is 11.6 Å². The highest BCUT2D eigenvalue weighted by molar-refractivity contribution is 7.91. The van der Waals surface area contributed by atoms with Gasteiger partial charge >= 0.3 is 6.09 Å². The summed E-state index contributed by atoms with van der Waals surface area (Å²) in [5.74, 6) is -2.18. The van der Waals surface area contributed by atoms with Crippen molar-refractivity contribution in [2.45, 2.75) is 113 Å². The Morgan fingerprint density at radius 3 is 2.52 bits per heavy atom. The van der Waals surface area contributed by atoms with E-state index in [1.54, 1.807) is 6.07 Å². The molecule has 4 aliphatic carbocycles. The van der Waals surface area contributed by atoms with Gasteiger partial charge in [0.25, 0.3) is 5.91 Å². The number of fused-ring (bicyclic) bond motifs is 4. The highest BCUT2D eigenvalue weighted by Crippen LogP contribution is 2.54. The highest BCUT2D eigenvalue weighted by atomic mass is 32.2. The number of nitrogens with zero attached hydrogens (tertiary/aromatic N) is 3. The predicted molar refractivity (Wildman–Crippen MR) is 201 cm³/mol. The molecule has 2 aromatic rings. The Labute approximate surface area is 325 Å². The van der Waals surface area contributed by atoms with Crippen LogP contribution >= 0.6 is 0 Å². The average molecular weight is 796 g/mol. The van der Waals surface area contributed by atoms with Crippen LogP contribution in [0.3, 0.4) is 0 Å². The average Bonchev–Trinajstić information content (AvgIpc) is 4.11. The van der Waals surface area contributed by atoms with Gasteiger partial charge in [-0.05, 0) is 93.6 Å². The van der Waals surface area contributed by atoms with Crippen molar-refractivity contribution in [1.29, 1.82) is 0 Å². The number of nitrogens with one attached hydrogen (secondary N) is 2. The van der Waals surface area contributed by atoms with E-state index in [0.717, 1.165) is 12.8 Å². The lowest BCUT2D eigenvalue weighted by Crippen LogP contribution is -2.61. The van der Waals surface area contributed by atoms with Gasteiger partial charge in [0.05, 0.1) is 24.3 Å². The zero-order chi connectivity index (χ0) is 39.7. The predicted octanol–water partition coefficient (Wildman–Crippen LogP) is 4.37. The van der Waals surface area contributed by atoms with E-state index >= 15 is 4.79 Å². The number of halogens is 1. The van der Waals surface area contributed by atoms with E-state index < -0.39 is 80.5 Å². The SMILES string of the molecule is COc1cc(F)cc2c(O[C@@H]3C[C@H]4C(=O)N[C@]5(C(=O)NS(=O)(=O)C6CC6)C[C@H]5/C=C\CC[C@@H](C)C[C@@H](C)[C@H](N(C(=O)O)C5CC6C[C@H]6C5)C(=O)N4C3)nccc12. The number of pyridine rings is 1. The van der Waals surface area contributed by atoms with Gasteiger partial charge in [-0.25, -0.2) is 22.6 Å². The topological polar surface area (TPSA) is 185 Å². The number of benzene rings is 1. The van der Waals surface area contributed by atoms with Gasteiger partial charge in [0, 0.05) is 36.0 Å². The van der Waals surface area contributed by atoms with Crippen LogP contribution in [0.15, 0.2) is 36.5 Å². The summed E-state index contributed by atoms with van der Waals surface area (Å²) in [6, 6.07) is 1.51. The van der Waals surface area contributed by atoms with Crippen molar-refractivity contribution >= 4 is 44.6 Å².